The maximum absolute atomic E-state index is 14.8. The average molecular weight is 394 g/mol. The number of halogens is 2. The number of nitrogens with zero attached hydrogens (tertiary/aromatic N) is 3. The molecule has 7 nitrogen and oxygen atoms in total. The van der Waals surface area contributed by atoms with Crippen molar-refractivity contribution in [3.05, 3.63) is 72.2 Å². The van der Waals surface area contributed by atoms with E-state index in [9.17, 15) is 13.6 Å². The van der Waals surface area contributed by atoms with Crippen LogP contribution in [0.1, 0.15) is 18.5 Å². The fourth-order valence-electron chi connectivity index (χ4n) is 2.97. The fraction of sp³-hybridized carbons (Fsp3) is 0.100. The van der Waals surface area contributed by atoms with Crippen LogP contribution in [-0.4, -0.2) is 26.2 Å². The van der Waals surface area contributed by atoms with E-state index in [0.717, 1.165) is 5.56 Å². The number of hydrogen-bond acceptors (Lipinski definition) is 4. The summed E-state index contributed by atoms with van der Waals surface area (Å²) in [4.78, 5) is 19.7. The van der Waals surface area contributed by atoms with Crippen molar-refractivity contribution in [3.8, 4) is 11.3 Å². The van der Waals surface area contributed by atoms with Gasteiger partial charge in [0, 0.05) is 29.4 Å². The Hall–Kier alpha value is -3.88. The summed E-state index contributed by atoms with van der Waals surface area (Å²) >= 11 is 0. The van der Waals surface area contributed by atoms with Crippen LogP contribution in [0.15, 0.2) is 54.9 Å². The van der Waals surface area contributed by atoms with Gasteiger partial charge in [-0.3, -0.25) is 10.4 Å². The average Bonchev–Trinajstić information content (AvgIpc) is 3.15. The number of amides is 2. The number of nitrogens with one attached hydrogen (secondary N) is 3. The smallest absolute Gasteiger partial charge is 0.320 e. The lowest BCUT2D eigenvalue weighted by atomic mass is 10.1. The number of benzene rings is 1. The highest BCUT2D eigenvalue weighted by Gasteiger charge is 2.18. The monoisotopic (exact) mass is 394 g/mol. The van der Waals surface area contributed by atoms with Crippen molar-refractivity contribution in [1.82, 2.24) is 25.5 Å². The Kier molecular flexibility index (Phi) is 4.86. The molecule has 4 aromatic rings. The van der Waals surface area contributed by atoms with Gasteiger partial charge >= 0.3 is 6.03 Å². The molecule has 3 N–H and O–H groups in total. The van der Waals surface area contributed by atoms with Crippen molar-refractivity contribution in [3.63, 3.8) is 0 Å². The molecule has 1 aromatic carbocycles. The molecule has 0 spiro atoms. The molecular formula is C20H16F2N6O. The molecule has 0 radical (unpaired) electrons. The zero-order valence-electron chi connectivity index (χ0n) is 15.3. The van der Waals surface area contributed by atoms with E-state index in [4.69, 9.17) is 0 Å². The molecular weight excluding hydrogens is 378 g/mol. The van der Waals surface area contributed by atoms with Crippen LogP contribution in [0.5, 0.6) is 0 Å². The molecule has 0 unspecified atom stereocenters. The van der Waals surface area contributed by atoms with Crippen molar-refractivity contribution in [2.24, 2.45) is 0 Å². The van der Waals surface area contributed by atoms with Crippen LogP contribution in [0.25, 0.3) is 22.2 Å². The second kappa shape index (κ2) is 7.63. The third-order valence-corrected chi connectivity index (χ3v) is 4.43. The zero-order valence-corrected chi connectivity index (χ0v) is 15.3. The summed E-state index contributed by atoms with van der Waals surface area (Å²) in [5.74, 6) is -1.68. The minimum absolute atomic E-state index is 0.0543. The SMILES string of the molecule is C[C@@H](NC(=O)Nc1ncc2c(-c3ccnc(F)c3)n[nH]c2c1F)c1ccccc1. The highest BCUT2D eigenvalue weighted by atomic mass is 19.1. The highest BCUT2D eigenvalue weighted by Crippen LogP contribution is 2.29. The van der Waals surface area contributed by atoms with Gasteiger partial charge in [0.1, 0.15) is 11.2 Å². The highest BCUT2D eigenvalue weighted by molar-refractivity contribution is 5.96. The Balaban J connectivity index is 1.56. The summed E-state index contributed by atoms with van der Waals surface area (Å²) in [7, 11) is 0. The molecule has 0 aliphatic heterocycles. The summed E-state index contributed by atoms with van der Waals surface area (Å²) in [6.45, 7) is 1.82. The number of pyridine rings is 2. The van der Waals surface area contributed by atoms with Crippen LogP contribution in [0.4, 0.5) is 19.4 Å². The molecule has 0 fully saturated rings. The van der Waals surface area contributed by atoms with E-state index in [2.05, 4.69) is 30.8 Å². The second-order valence-corrected chi connectivity index (χ2v) is 6.38. The van der Waals surface area contributed by atoms with Gasteiger partial charge in [0.2, 0.25) is 5.95 Å². The van der Waals surface area contributed by atoms with Gasteiger partial charge in [-0.05, 0) is 18.6 Å². The Morgan fingerprint density at radius 3 is 2.69 bits per heavy atom. The third kappa shape index (κ3) is 3.75. The summed E-state index contributed by atoms with van der Waals surface area (Å²) in [5.41, 5.74) is 1.73. The topological polar surface area (TPSA) is 95.6 Å². The lowest BCUT2D eigenvalue weighted by Crippen LogP contribution is -2.31. The standard InChI is InChI=1S/C20H16F2N6O/c1-11(12-5-3-2-4-6-12)25-20(29)26-19-16(22)18-14(10-24-19)17(27-28-18)13-7-8-23-15(21)9-13/h2-11H,1H3,(H,27,28)(H2,24,25,26,29)/t11-/m1/s1. The first-order chi connectivity index (χ1) is 14.0. The van der Waals surface area contributed by atoms with E-state index in [1.165, 1.54) is 18.5 Å². The van der Waals surface area contributed by atoms with E-state index in [1.54, 1.807) is 6.07 Å². The molecule has 1 atom stereocenters. The van der Waals surface area contributed by atoms with Crippen LogP contribution in [-0.2, 0) is 0 Å². The van der Waals surface area contributed by atoms with Crippen LogP contribution in [0.2, 0.25) is 0 Å². The number of hydrogen-bond donors (Lipinski definition) is 3. The Labute approximate surface area is 164 Å². The van der Waals surface area contributed by atoms with Gasteiger partial charge in [-0.1, -0.05) is 30.3 Å². The maximum atomic E-state index is 14.8. The van der Waals surface area contributed by atoms with Crippen molar-refractivity contribution in [2.75, 3.05) is 5.32 Å². The fourth-order valence-corrected chi connectivity index (χ4v) is 2.97. The lowest BCUT2D eigenvalue weighted by molar-refractivity contribution is 0.249. The van der Waals surface area contributed by atoms with E-state index < -0.39 is 17.8 Å². The predicted octanol–water partition coefficient (Wildman–Crippen LogP) is 4.18. The van der Waals surface area contributed by atoms with E-state index in [-0.39, 0.29) is 17.4 Å². The van der Waals surface area contributed by atoms with Crippen molar-refractivity contribution >= 4 is 22.8 Å². The molecule has 29 heavy (non-hydrogen) atoms. The van der Waals surface area contributed by atoms with Gasteiger partial charge in [-0.25, -0.2) is 19.2 Å². The minimum Gasteiger partial charge on any atom is -0.331 e. The molecule has 2 amide bonds. The Morgan fingerprint density at radius 1 is 1.14 bits per heavy atom. The molecule has 146 valence electrons. The van der Waals surface area contributed by atoms with Crippen LogP contribution < -0.4 is 10.6 Å². The maximum Gasteiger partial charge on any atom is 0.320 e. The minimum atomic E-state index is -0.765. The summed E-state index contributed by atoms with van der Waals surface area (Å²) in [6, 6.07) is 11.2. The van der Waals surface area contributed by atoms with Gasteiger partial charge < -0.3 is 5.32 Å². The van der Waals surface area contributed by atoms with Gasteiger partial charge in [0.15, 0.2) is 11.6 Å². The van der Waals surface area contributed by atoms with Gasteiger partial charge in [-0.15, -0.1) is 0 Å². The van der Waals surface area contributed by atoms with Gasteiger partial charge in [0.05, 0.1) is 6.04 Å². The molecule has 0 bridgehead atoms. The third-order valence-electron chi connectivity index (χ3n) is 4.43. The van der Waals surface area contributed by atoms with Crippen molar-refractivity contribution in [1.29, 1.82) is 0 Å². The molecule has 0 saturated carbocycles. The number of aromatic amines is 1. The van der Waals surface area contributed by atoms with Crippen LogP contribution in [0, 0.1) is 11.8 Å². The second-order valence-electron chi connectivity index (χ2n) is 6.38. The number of H-pyrrole nitrogens is 1. The zero-order chi connectivity index (χ0) is 20.4. The number of urea groups is 1. The normalized spacial score (nSPS) is 12.0. The first-order valence-corrected chi connectivity index (χ1v) is 8.80. The number of aromatic nitrogens is 4. The molecule has 3 heterocycles. The van der Waals surface area contributed by atoms with E-state index >= 15 is 0 Å². The van der Waals surface area contributed by atoms with E-state index in [0.29, 0.717) is 16.6 Å². The first-order valence-electron chi connectivity index (χ1n) is 8.80. The Bertz CT molecular complexity index is 1180. The summed E-state index contributed by atoms with van der Waals surface area (Å²) in [5, 5.41) is 12.1. The largest absolute Gasteiger partial charge is 0.331 e. The molecule has 9 heteroatoms. The quantitative estimate of drug-likeness (QED) is 0.453. The number of rotatable bonds is 4. The molecule has 3 aromatic heterocycles. The molecule has 4 rings (SSSR count). The van der Waals surface area contributed by atoms with E-state index in [1.807, 2.05) is 37.3 Å². The number of anilines is 1. The van der Waals surface area contributed by atoms with Gasteiger partial charge in [-0.2, -0.15) is 9.49 Å². The number of carbonyl (C=O) groups is 1. The number of carbonyl (C=O) groups excluding carboxylic acids is 1. The lowest BCUT2D eigenvalue weighted by Gasteiger charge is -2.15. The number of fused-ring (bicyclic) bond motifs is 1. The van der Waals surface area contributed by atoms with Crippen LogP contribution in [0.3, 0.4) is 0 Å². The summed E-state index contributed by atoms with van der Waals surface area (Å²) in [6.07, 6.45) is 2.66. The molecule has 0 aliphatic rings. The summed E-state index contributed by atoms with van der Waals surface area (Å²) < 4.78 is 28.2. The molecule has 0 saturated heterocycles. The predicted molar refractivity (Wildman–Crippen MR) is 104 cm³/mol. The molecule has 0 aliphatic carbocycles. The van der Waals surface area contributed by atoms with Crippen molar-refractivity contribution in [2.45, 2.75) is 13.0 Å². The Morgan fingerprint density at radius 2 is 1.93 bits per heavy atom. The van der Waals surface area contributed by atoms with Crippen molar-refractivity contribution < 1.29 is 13.6 Å². The van der Waals surface area contributed by atoms with Crippen LogP contribution >= 0.6 is 0 Å². The van der Waals surface area contributed by atoms with Gasteiger partial charge in [0.25, 0.3) is 0 Å². The first kappa shape index (κ1) is 18.5.